The summed E-state index contributed by atoms with van der Waals surface area (Å²) in [6, 6.07) is 9.18. The van der Waals surface area contributed by atoms with Gasteiger partial charge in [0, 0.05) is 11.9 Å². The van der Waals surface area contributed by atoms with E-state index in [9.17, 15) is 9.59 Å². The van der Waals surface area contributed by atoms with Crippen molar-refractivity contribution >= 4 is 17.6 Å². The number of ether oxygens (including phenoxy) is 2. The van der Waals surface area contributed by atoms with Crippen molar-refractivity contribution in [2.24, 2.45) is 0 Å². The van der Waals surface area contributed by atoms with Crippen LogP contribution in [0, 0.1) is 11.3 Å². The molecule has 0 saturated carbocycles. The van der Waals surface area contributed by atoms with E-state index in [1.54, 1.807) is 47.5 Å². The first-order chi connectivity index (χ1) is 11.6. The molecule has 0 aromatic heterocycles. The Balaban J connectivity index is 2.54. The van der Waals surface area contributed by atoms with Crippen LogP contribution in [0.25, 0.3) is 0 Å². The second-order valence-electron chi connectivity index (χ2n) is 4.82. The molecular weight excluding hydrogens is 308 g/mol. The van der Waals surface area contributed by atoms with E-state index in [2.05, 4.69) is 6.07 Å². The summed E-state index contributed by atoms with van der Waals surface area (Å²) in [5.74, 6) is -1.30. The molecule has 0 atom stereocenters. The Hall–Kier alpha value is -3.33. The van der Waals surface area contributed by atoms with Crippen molar-refractivity contribution in [2.75, 3.05) is 19.1 Å². The Bertz CT molecular complexity index is 767. The summed E-state index contributed by atoms with van der Waals surface area (Å²) in [4.78, 5) is 25.9. The molecule has 122 valence electrons. The monoisotopic (exact) mass is 324 g/mol. The predicted molar refractivity (Wildman–Crippen MR) is 87.6 cm³/mol. The fourth-order valence-electron chi connectivity index (χ4n) is 2.23. The highest BCUT2D eigenvalue weighted by atomic mass is 16.5. The second kappa shape index (κ2) is 7.79. The van der Waals surface area contributed by atoms with Crippen molar-refractivity contribution in [3.8, 4) is 6.07 Å². The van der Waals surface area contributed by atoms with Gasteiger partial charge in [0.25, 0.3) is 0 Å². The van der Waals surface area contributed by atoms with Crippen molar-refractivity contribution in [3.05, 3.63) is 65.5 Å². The Morgan fingerprint density at radius 2 is 1.75 bits per heavy atom. The van der Waals surface area contributed by atoms with Crippen molar-refractivity contribution in [2.45, 2.75) is 6.42 Å². The molecule has 0 unspecified atom stereocenters. The fourth-order valence-corrected chi connectivity index (χ4v) is 2.23. The lowest BCUT2D eigenvalue weighted by molar-refractivity contribution is -0.139. The first-order valence-electron chi connectivity index (χ1n) is 7.13. The number of nitrogens with zero attached hydrogens (tertiary/aromatic N) is 2. The lowest BCUT2D eigenvalue weighted by Crippen LogP contribution is -2.26. The van der Waals surface area contributed by atoms with Gasteiger partial charge in [0.2, 0.25) is 0 Å². The third-order valence-electron chi connectivity index (χ3n) is 3.39. The van der Waals surface area contributed by atoms with Crippen molar-refractivity contribution in [1.82, 2.24) is 0 Å². The molecule has 0 aliphatic carbocycles. The molecule has 0 N–H and O–H groups in total. The van der Waals surface area contributed by atoms with Gasteiger partial charge in [-0.1, -0.05) is 18.2 Å². The third kappa shape index (κ3) is 3.52. The smallest absolute Gasteiger partial charge is 0.355 e. The quantitative estimate of drug-likeness (QED) is 0.790. The van der Waals surface area contributed by atoms with E-state index in [1.165, 1.54) is 20.3 Å². The molecule has 2 rings (SSSR count). The molecule has 1 aliphatic heterocycles. The molecule has 24 heavy (non-hydrogen) atoms. The molecule has 6 nitrogen and oxygen atoms in total. The minimum atomic E-state index is -0.660. The summed E-state index contributed by atoms with van der Waals surface area (Å²) in [5, 5.41) is 8.74. The number of nitriles is 1. The number of anilines is 1. The lowest BCUT2D eigenvalue weighted by Gasteiger charge is -2.23. The van der Waals surface area contributed by atoms with Crippen LogP contribution >= 0.6 is 0 Å². The van der Waals surface area contributed by atoms with Gasteiger partial charge in [-0.2, -0.15) is 5.26 Å². The van der Waals surface area contributed by atoms with Gasteiger partial charge in [-0.15, -0.1) is 0 Å². The van der Waals surface area contributed by atoms with Gasteiger partial charge in [-0.3, -0.25) is 0 Å². The van der Waals surface area contributed by atoms with Gasteiger partial charge in [0.1, 0.15) is 5.70 Å². The van der Waals surface area contributed by atoms with Gasteiger partial charge in [0.05, 0.1) is 32.3 Å². The normalized spacial score (nSPS) is 13.3. The highest BCUT2D eigenvalue weighted by molar-refractivity contribution is 6.05. The summed E-state index contributed by atoms with van der Waals surface area (Å²) >= 11 is 0. The summed E-state index contributed by atoms with van der Waals surface area (Å²) in [5.41, 5.74) is 1.66. The number of allylic oxidation sites excluding steroid dienone is 2. The molecule has 0 spiro atoms. The maximum atomic E-state index is 12.3. The van der Waals surface area contributed by atoms with E-state index in [0.717, 1.165) is 5.56 Å². The highest BCUT2D eigenvalue weighted by Crippen LogP contribution is 2.26. The van der Waals surface area contributed by atoms with Crippen molar-refractivity contribution in [3.63, 3.8) is 0 Å². The van der Waals surface area contributed by atoms with Crippen molar-refractivity contribution < 1.29 is 19.1 Å². The summed E-state index contributed by atoms with van der Waals surface area (Å²) in [6.45, 7) is 0. The first-order valence-corrected chi connectivity index (χ1v) is 7.13. The van der Waals surface area contributed by atoms with E-state index >= 15 is 0 Å². The number of carbonyl (C=O) groups excluding carboxylic acids is 2. The van der Waals surface area contributed by atoms with E-state index in [1.807, 2.05) is 0 Å². The van der Waals surface area contributed by atoms with E-state index in [0.29, 0.717) is 12.1 Å². The zero-order chi connectivity index (χ0) is 17.5. The Morgan fingerprint density at radius 1 is 1.08 bits per heavy atom. The van der Waals surface area contributed by atoms with E-state index < -0.39 is 11.9 Å². The van der Waals surface area contributed by atoms with E-state index in [4.69, 9.17) is 14.7 Å². The molecule has 0 fully saturated rings. The maximum absolute atomic E-state index is 12.3. The number of esters is 2. The van der Waals surface area contributed by atoms with E-state index in [-0.39, 0.29) is 11.3 Å². The van der Waals surface area contributed by atoms with Gasteiger partial charge in [-0.25, -0.2) is 9.59 Å². The Kier molecular flexibility index (Phi) is 5.53. The van der Waals surface area contributed by atoms with Gasteiger partial charge in [-0.05, 0) is 29.8 Å². The van der Waals surface area contributed by atoms with Crippen LogP contribution in [0.2, 0.25) is 0 Å². The molecule has 1 heterocycles. The van der Waals surface area contributed by atoms with Crippen LogP contribution in [0.15, 0.2) is 60.0 Å². The lowest BCUT2D eigenvalue weighted by atomic mass is 10.1. The predicted octanol–water partition coefficient (Wildman–Crippen LogP) is 2.24. The molecular formula is C18H16N2O4. The van der Waals surface area contributed by atoms with Gasteiger partial charge < -0.3 is 14.4 Å². The zero-order valence-corrected chi connectivity index (χ0v) is 13.4. The number of hydrogen-bond acceptors (Lipinski definition) is 6. The highest BCUT2D eigenvalue weighted by Gasteiger charge is 2.27. The van der Waals surface area contributed by atoms with Crippen LogP contribution in [0.3, 0.4) is 0 Å². The average molecular weight is 324 g/mol. The van der Waals surface area contributed by atoms with Crippen LogP contribution in [-0.4, -0.2) is 26.2 Å². The first kappa shape index (κ1) is 17.0. The molecule has 6 heteroatoms. The molecule has 1 aliphatic rings. The molecule has 1 aromatic rings. The van der Waals surface area contributed by atoms with Crippen LogP contribution in [0.5, 0.6) is 0 Å². The third-order valence-corrected chi connectivity index (χ3v) is 3.39. The largest absolute Gasteiger partial charge is 0.465 e. The van der Waals surface area contributed by atoms with Crippen LogP contribution in [0.4, 0.5) is 5.69 Å². The molecule has 0 radical (unpaired) electrons. The van der Waals surface area contributed by atoms with Crippen LogP contribution < -0.4 is 4.90 Å². The van der Waals surface area contributed by atoms with Crippen LogP contribution in [0.1, 0.15) is 5.56 Å². The average Bonchev–Trinajstić information content (AvgIpc) is 2.84. The summed E-state index contributed by atoms with van der Waals surface area (Å²) in [6.07, 6.45) is 6.78. The zero-order valence-electron chi connectivity index (χ0n) is 13.4. The summed E-state index contributed by atoms with van der Waals surface area (Å²) in [7, 11) is 2.49. The minimum Gasteiger partial charge on any atom is -0.465 e. The number of rotatable bonds is 4. The molecule has 0 saturated heterocycles. The van der Waals surface area contributed by atoms with Crippen molar-refractivity contribution in [1.29, 1.82) is 5.26 Å². The maximum Gasteiger partial charge on any atom is 0.355 e. The number of carbonyl (C=O) groups is 2. The Labute approximate surface area is 139 Å². The van der Waals surface area contributed by atoms with Gasteiger partial charge >= 0.3 is 11.9 Å². The molecule has 0 bridgehead atoms. The fraction of sp³-hybridized carbons (Fsp3) is 0.167. The topological polar surface area (TPSA) is 79.6 Å². The van der Waals surface area contributed by atoms with Crippen LogP contribution in [-0.2, 0) is 25.5 Å². The Morgan fingerprint density at radius 3 is 2.33 bits per heavy atom. The minimum absolute atomic E-state index is 0.0578. The van der Waals surface area contributed by atoms with Gasteiger partial charge in [0.15, 0.2) is 0 Å². The number of benzene rings is 1. The second-order valence-corrected chi connectivity index (χ2v) is 4.82. The number of hydrogen-bond donors (Lipinski definition) is 0. The number of methoxy groups -OCH3 is 2. The summed E-state index contributed by atoms with van der Waals surface area (Å²) < 4.78 is 9.59. The molecule has 1 aromatic carbocycles. The SMILES string of the molecule is COC(=O)C1=C(C(=O)OC)N(c2ccc(CC#N)cc2)C=CC=C1. The standard InChI is InChI=1S/C18H16N2O4/c1-23-17(21)15-5-3-4-12-20(16(15)18(22)24-2)14-8-6-13(7-9-14)10-11-19/h3-9,12H,10H2,1-2H3. The molecule has 0 amide bonds.